The third kappa shape index (κ3) is 1.92. The van der Waals surface area contributed by atoms with Gasteiger partial charge in [0.2, 0.25) is 0 Å². The number of nitriles is 1. The third-order valence-electron chi connectivity index (χ3n) is 4.55. The van der Waals surface area contributed by atoms with E-state index in [1.54, 1.807) is 0 Å². The van der Waals surface area contributed by atoms with Crippen molar-refractivity contribution in [1.29, 1.82) is 5.26 Å². The first kappa shape index (κ1) is 12.9. The van der Waals surface area contributed by atoms with Gasteiger partial charge in [0.25, 0.3) is 0 Å². The van der Waals surface area contributed by atoms with Crippen LogP contribution >= 0.6 is 0 Å². The Labute approximate surface area is 119 Å². The standard InChI is InChI=1S/C17H19N3/c1-11-8-12(9-18)4-5-13(11)14-6-7-17(2,3)16-15(14)10-19-20-16/h4-5,8,10,14H,6-7H2,1-3H3,(H,19,20). The maximum Gasteiger partial charge on any atom is 0.0991 e. The van der Waals surface area contributed by atoms with E-state index in [2.05, 4.69) is 43.1 Å². The van der Waals surface area contributed by atoms with E-state index in [-0.39, 0.29) is 5.41 Å². The summed E-state index contributed by atoms with van der Waals surface area (Å²) in [5.74, 6) is 0.393. The Morgan fingerprint density at radius 3 is 2.85 bits per heavy atom. The third-order valence-corrected chi connectivity index (χ3v) is 4.55. The van der Waals surface area contributed by atoms with Crippen LogP contribution in [0.1, 0.15) is 60.6 Å². The van der Waals surface area contributed by atoms with E-state index < -0.39 is 0 Å². The molecule has 0 bridgehead atoms. The first-order valence-corrected chi connectivity index (χ1v) is 7.07. The Morgan fingerprint density at radius 2 is 2.15 bits per heavy atom. The predicted molar refractivity (Wildman–Crippen MR) is 78.6 cm³/mol. The molecule has 1 N–H and O–H groups in total. The summed E-state index contributed by atoms with van der Waals surface area (Å²) >= 11 is 0. The molecule has 1 atom stereocenters. The molecule has 3 rings (SSSR count). The van der Waals surface area contributed by atoms with Crippen LogP contribution in [0.2, 0.25) is 0 Å². The fourth-order valence-corrected chi connectivity index (χ4v) is 3.35. The van der Waals surface area contributed by atoms with Crippen LogP contribution in [0, 0.1) is 18.3 Å². The van der Waals surface area contributed by atoms with Crippen LogP contribution < -0.4 is 0 Å². The number of benzene rings is 1. The summed E-state index contributed by atoms with van der Waals surface area (Å²) in [5.41, 5.74) is 5.99. The number of nitrogens with zero attached hydrogens (tertiary/aromatic N) is 2. The van der Waals surface area contributed by atoms with Gasteiger partial charge in [-0.3, -0.25) is 5.10 Å². The van der Waals surface area contributed by atoms with Crippen LogP contribution in [-0.4, -0.2) is 10.2 Å². The van der Waals surface area contributed by atoms with Crippen LogP contribution in [0.5, 0.6) is 0 Å². The lowest BCUT2D eigenvalue weighted by atomic mass is 9.70. The average molecular weight is 265 g/mol. The van der Waals surface area contributed by atoms with Gasteiger partial charge in [-0.05, 0) is 43.0 Å². The second-order valence-electron chi connectivity index (χ2n) is 6.36. The lowest BCUT2D eigenvalue weighted by Gasteiger charge is -2.34. The van der Waals surface area contributed by atoms with E-state index in [0.29, 0.717) is 5.92 Å². The van der Waals surface area contributed by atoms with E-state index >= 15 is 0 Å². The van der Waals surface area contributed by atoms with Crippen molar-refractivity contribution in [3.63, 3.8) is 0 Å². The summed E-state index contributed by atoms with van der Waals surface area (Å²) in [7, 11) is 0. The smallest absolute Gasteiger partial charge is 0.0991 e. The van der Waals surface area contributed by atoms with Crippen LogP contribution in [0.3, 0.4) is 0 Å². The first-order valence-electron chi connectivity index (χ1n) is 7.07. The summed E-state index contributed by atoms with van der Waals surface area (Å²) in [5, 5.41) is 16.4. The van der Waals surface area contributed by atoms with Crippen LogP contribution in [0.25, 0.3) is 0 Å². The van der Waals surface area contributed by atoms with Gasteiger partial charge in [-0.25, -0.2) is 0 Å². The molecule has 0 saturated carbocycles. The number of nitrogens with one attached hydrogen (secondary N) is 1. The molecule has 3 nitrogen and oxygen atoms in total. The zero-order valence-corrected chi connectivity index (χ0v) is 12.2. The second kappa shape index (κ2) is 4.49. The number of rotatable bonds is 1. The van der Waals surface area contributed by atoms with Crippen molar-refractivity contribution in [2.24, 2.45) is 0 Å². The molecule has 0 aliphatic heterocycles. The molecule has 1 aliphatic carbocycles. The SMILES string of the molecule is Cc1cc(C#N)ccc1C1CCC(C)(C)c2[nH]ncc21. The van der Waals surface area contributed by atoms with Crippen LogP contribution in [0.4, 0.5) is 0 Å². The summed E-state index contributed by atoms with van der Waals surface area (Å²) in [6.45, 7) is 6.63. The first-order chi connectivity index (χ1) is 9.53. The number of H-pyrrole nitrogens is 1. The van der Waals surface area contributed by atoms with Gasteiger partial charge in [0, 0.05) is 22.6 Å². The molecule has 20 heavy (non-hydrogen) atoms. The molecule has 1 aromatic carbocycles. The van der Waals surface area contributed by atoms with E-state index in [1.807, 2.05) is 18.3 Å². The van der Waals surface area contributed by atoms with Crippen molar-refractivity contribution in [2.45, 2.75) is 44.9 Å². The Kier molecular flexibility index (Phi) is 2.90. The molecular weight excluding hydrogens is 246 g/mol. The highest BCUT2D eigenvalue weighted by Crippen LogP contribution is 2.44. The number of hydrogen-bond donors (Lipinski definition) is 1. The summed E-state index contributed by atoms with van der Waals surface area (Å²) < 4.78 is 0. The van der Waals surface area contributed by atoms with Crippen molar-refractivity contribution in [3.8, 4) is 6.07 Å². The fourth-order valence-electron chi connectivity index (χ4n) is 3.35. The predicted octanol–water partition coefficient (Wildman–Crippen LogP) is 3.79. The lowest BCUT2D eigenvalue weighted by molar-refractivity contribution is 0.401. The molecule has 2 aromatic rings. The van der Waals surface area contributed by atoms with Gasteiger partial charge in [-0.15, -0.1) is 0 Å². The van der Waals surface area contributed by atoms with Crippen molar-refractivity contribution in [3.05, 3.63) is 52.3 Å². The highest BCUT2D eigenvalue weighted by molar-refractivity contribution is 5.45. The molecule has 1 aliphatic rings. The minimum Gasteiger partial charge on any atom is -0.282 e. The summed E-state index contributed by atoms with van der Waals surface area (Å²) in [6.07, 6.45) is 4.25. The highest BCUT2D eigenvalue weighted by Gasteiger charge is 2.35. The van der Waals surface area contributed by atoms with Gasteiger partial charge in [-0.2, -0.15) is 10.4 Å². The van der Waals surface area contributed by atoms with Crippen molar-refractivity contribution in [1.82, 2.24) is 10.2 Å². The summed E-state index contributed by atoms with van der Waals surface area (Å²) in [6, 6.07) is 8.21. The second-order valence-corrected chi connectivity index (χ2v) is 6.36. The van der Waals surface area contributed by atoms with Gasteiger partial charge < -0.3 is 0 Å². The Bertz CT molecular complexity index is 689. The van der Waals surface area contributed by atoms with Crippen LogP contribution in [0.15, 0.2) is 24.4 Å². The molecule has 0 saturated heterocycles. The molecule has 0 radical (unpaired) electrons. The zero-order valence-electron chi connectivity index (χ0n) is 12.2. The van der Waals surface area contributed by atoms with Crippen molar-refractivity contribution >= 4 is 0 Å². The van der Waals surface area contributed by atoms with E-state index in [9.17, 15) is 0 Å². The van der Waals surface area contributed by atoms with Gasteiger partial charge in [0.15, 0.2) is 0 Å². The maximum absolute atomic E-state index is 8.99. The van der Waals surface area contributed by atoms with Gasteiger partial charge in [0.1, 0.15) is 0 Å². The Balaban J connectivity index is 2.07. The molecule has 0 spiro atoms. The maximum atomic E-state index is 8.99. The van der Waals surface area contributed by atoms with Gasteiger partial charge in [-0.1, -0.05) is 19.9 Å². The van der Waals surface area contributed by atoms with E-state index in [4.69, 9.17) is 5.26 Å². The number of hydrogen-bond acceptors (Lipinski definition) is 2. The normalized spacial score (nSPS) is 20.2. The molecular formula is C17H19N3. The quantitative estimate of drug-likeness (QED) is 0.852. The number of fused-ring (bicyclic) bond motifs is 1. The lowest BCUT2D eigenvalue weighted by Crippen LogP contribution is -2.26. The van der Waals surface area contributed by atoms with Gasteiger partial charge >= 0.3 is 0 Å². The minimum absolute atomic E-state index is 0.169. The highest BCUT2D eigenvalue weighted by atomic mass is 15.1. The minimum atomic E-state index is 0.169. The van der Waals surface area contributed by atoms with Crippen molar-refractivity contribution < 1.29 is 0 Å². The molecule has 3 heteroatoms. The zero-order chi connectivity index (χ0) is 14.3. The molecule has 1 aromatic heterocycles. The molecule has 0 fully saturated rings. The summed E-state index contributed by atoms with van der Waals surface area (Å²) in [4.78, 5) is 0. The number of aryl methyl sites for hydroxylation is 1. The van der Waals surface area contributed by atoms with E-state index in [1.165, 1.54) is 22.4 Å². The Morgan fingerprint density at radius 1 is 1.35 bits per heavy atom. The topological polar surface area (TPSA) is 52.5 Å². The van der Waals surface area contributed by atoms with Crippen LogP contribution in [-0.2, 0) is 5.41 Å². The molecule has 1 unspecified atom stereocenters. The van der Waals surface area contributed by atoms with E-state index in [0.717, 1.165) is 18.4 Å². The van der Waals surface area contributed by atoms with Gasteiger partial charge in [0.05, 0.1) is 17.8 Å². The average Bonchev–Trinajstić information content (AvgIpc) is 2.90. The molecule has 0 amide bonds. The number of aromatic nitrogens is 2. The largest absolute Gasteiger partial charge is 0.282 e. The molecule has 1 heterocycles. The van der Waals surface area contributed by atoms with Crippen molar-refractivity contribution in [2.75, 3.05) is 0 Å². The molecule has 102 valence electrons. The fraction of sp³-hybridized carbons (Fsp3) is 0.412. The monoisotopic (exact) mass is 265 g/mol. The number of aromatic amines is 1. The Hall–Kier alpha value is -2.08.